The first-order valence-electron chi connectivity index (χ1n) is 8.85. The molecule has 2 aromatic rings. The largest absolute Gasteiger partial charge is 0.477 e. The van der Waals surface area contributed by atoms with Crippen molar-refractivity contribution in [1.29, 1.82) is 0 Å². The molecule has 4 heterocycles. The van der Waals surface area contributed by atoms with Crippen molar-refractivity contribution >= 4 is 74.8 Å². The van der Waals surface area contributed by atoms with Gasteiger partial charge in [0.15, 0.2) is 20.9 Å². The number of nitrogens with zero attached hydrogens (tertiary/aromatic N) is 5. The Morgan fingerprint density at radius 2 is 2.22 bits per heavy atom. The number of oxime groups is 1. The number of carboxylic acid groups (broad SMARTS) is 1. The van der Waals surface area contributed by atoms with Crippen LogP contribution in [0.2, 0.25) is 0 Å². The van der Waals surface area contributed by atoms with Gasteiger partial charge in [0.25, 0.3) is 11.8 Å². The van der Waals surface area contributed by atoms with Crippen LogP contribution in [-0.4, -0.2) is 73.6 Å². The number of nitrogen functional groups attached to an aromatic ring is 1. The number of β-lactam (4-membered cyclic amide) rings is 1. The molecule has 168 valence electrons. The number of carbonyl (C=O) groups excluding carboxylic acids is 2. The van der Waals surface area contributed by atoms with E-state index in [0.29, 0.717) is 14.3 Å². The maximum atomic E-state index is 12.8. The zero-order valence-electron chi connectivity index (χ0n) is 16.5. The van der Waals surface area contributed by atoms with E-state index in [1.165, 1.54) is 35.1 Å². The third-order valence-electron chi connectivity index (χ3n) is 4.38. The Kier molecular flexibility index (Phi) is 6.36. The number of thiazole rings is 1. The van der Waals surface area contributed by atoms with E-state index in [-0.39, 0.29) is 22.2 Å². The van der Waals surface area contributed by atoms with Crippen molar-refractivity contribution in [3.05, 3.63) is 26.0 Å². The lowest BCUT2D eigenvalue weighted by atomic mass is 9.95. The van der Waals surface area contributed by atoms with E-state index in [2.05, 4.69) is 25.7 Å². The van der Waals surface area contributed by atoms with Crippen molar-refractivity contribution in [2.75, 3.05) is 18.6 Å². The zero-order valence-corrected chi connectivity index (χ0v) is 19.7. The topological polar surface area (TPSA) is 173 Å². The monoisotopic (exact) mass is 513 g/mol. The molecule has 1 fully saturated rings. The summed E-state index contributed by atoms with van der Waals surface area (Å²) in [6, 6.07) is -1.43. The van der Waals surface area contributed by atoms with Gasteiger partial charge in [-0.15, -0.1) is 33.3 Å². The minimum absolute atomic E-state index is 0.127. The molecule has 4 N–H and O–H groups in total. The normalized spacial score (nSPS) is 20.6. The number of hydrogen-bond donors (Lipinski definition) is 3. The van der Waals surface area contributed by atoms with Crippen LogP contribution in [0.15, 0.2) is 24.8 Å². The van der Waals surface area contributed by atoms with Gasteiger partial charge < -0.3 is 21.0 Å². The van der Waals surface area contributed by atoms with Crippen LogP contribution in [-0.2, 0) is 19.2 Å². The molecule has 2 aromatic heterocycles. The summed E-state index contributed by atoms with van der Waals surface area (Å²) < 4.78 is 1.03. The lowest BCUT2D eigenvalue weighted by molar-refractivity contribution is -0.153. The fourth-order valence-electron chi connectivity index (χ4n) is 3.05. The van der Waals surface area contributed by atoms with Crippen LogP contribution in [0.5, 0.6) is 0 Å². The molecule has 0 bridgehead atoms. The van der Waals surface area contributed by atoms with Crippen LogP contribution < -0.4 is 11.1 Å². The molecule has 1 saturated heterocycles. The summed E-state index contributed by atoms with van der Waals surface area (Å²) in [5, 5.41) is 26.5. The van der Waals surface area contributed by atoms with E-state index in [0.717, 1.165) is 28.1 Å². The van der Waals surface area contributed by atoms with Gasteiger partial charge in [-0.3, -0.25) is 14.5 Å². The van der Waals surface area contributed by atoms with E-state index in [1.807, 2.05) is 0 Å². The number of carbonyl (C=O) groups is 3. The molecular formula is C16H15N7O5S4. The van der Waals surface area contributed by atoms with E-state index in [1.54, 1.807) is 12.3 Å². The summed E-state index contributed by atoms with van der Waals surface area (Å²) in [5.74, 6) is -2.04. The average molecular weight is 514 g/mol. The van der Waals surface area contributed by atoms with Crippen LogP contribution in [0.25, 0.3) is 0 Å². The van der Waals surface area contributed by atoms with Crippen LogP contribution in [0, 0.1) is 6.92 Å². The zero-order chi connectivity index (χ0) is 23.0. The van der Waals surface area contributed by atoms with Gasteiger partial charge in [-0.2, -0.15) is 0 Å². The number of amides is 2. The molecule has 0 aromatic carbocycles. The van der Waals surface area contributed by atoms with Gasteiger partial charge in [-0.1, -0.05) is 16.5 Å². The predicted molar refractivity (Wildman–Crippen MR) is 120 cm³/mol. The van der Waals surface area contributed by atoms with Crippen LogP contribution in [0.1, 0.15) is 10.7 Å². The Hall–Kier alpha value is -2.69. The number of nitrogens with two attached hydrogens (primary N) is 1. The lowest BCUT2D eigenvalue weighted by Crippen LogP contribution is -2.72. The molecule has 16 heteroatoms. The highest BCUT2D eigenvalue weighted by atomic mass is 32.2. The van der Waals surface area contributed by atoms with Crippen LogP contribution in [0.3, 0.4) is 0 Å². The number of fused-ring (bicyclic) bond motifs is 1. The van der Waals surface area contributed by atoms with Crippen molar-refractivity contribution in [2.24, 2.45) is 5.16 Å². The standard InChI is InChI=1S/C16H15N7O5S4/c1-5-20-21-16(31-5)32-14-10(13(26)27)23-7(4-29-14)9(12(23)25)19-11(24)8(22-28-2)6-3-30-15(17)18-6/h3,7,9H,4H2,1-2H3,(H2,17,18)(H,19,24)(H,26,27). The molecular weight excluding hydrogens is 498 g/mol. The molecule has 0 spiro atoms. The van der Waals surface area contributed by atoms with Gasteiger partial charge in [-0.25, -0.2) is 9.78 Å². The number of thioether (sulfide) groups is 2. The Balaban J connectivity index is 1.53. The maximum absolute atomic E-state index is 12.8. The first-order valence-corrected chi connectivity index (χ1v) is 12.3. The quantitative estimate of drug-likeness (QED) is 0.270. The van der Waals surface area contributed by atoms with E-state index >= 15 is 0 Å². The van der Waals surface area contributed by atoms with Crippen molar-refractivity contribution in [3.63, 3.8) is 0 Å². The second-order valence-electron chi connectivity index (χ2n) is 6.36. The van der Waals surface area contributed by atoms with Crippen LogP contribution in [0.4, 0.5) is 5.13 Å². The first kappa shape index (κ1) is 22.5. The van der Waals surface area contributed by atoms with E-state index < -0.39 is 29.9 Å². The number of carboxylic acids is 1. The summed E-state index contributed by atoms with van der Waals surface area (Å²) in [6.45, 7) is 1.80. The number of hydrogen-bond acceptors (Lipinski definition) is 13. The first-order chi connectivity index (χ1) is 15.3. The Labute approximate surface area is 197 Å². The summed E-state index contributed by atoms with van der Waals surface area (Å²) in [5.41, 5.74) is 5.57. The highest BCUT2D eigenvalue weighted by molar-refractivity contribution is 8.23. The Morgan fingerprint density at radius 1 is 1.44 bits per heavy atom. The molecule has 12 nitrogen and oxygen atoms in total. The minimum Gasteiger partial charge on any atom is -0.477 e. The molecule has 2 atom stereocenters. The SMILES string of the molecule is CON=C(C(=O)NC1C(=O)N2C(C(=O)O)=C(Sc3nnc(C)s3)SCC12)c1csc(N)n1. The third kappa shape index (κ3) is 4.17. The van der Waals surface area contributed by atoms with Crippen molar-refractivity contribution in [3.8, 4) is 0 Å². The van der Waals surface area contributed by atoms with Crippen molar-refractivity contribution in [1.82, 2.24) is 25.4 Å². The molecule has 2 aliphatic rings. The van der Waals surface area contributed by atoms with Gasteiger partial charge in [-0.05, 0) is 18.7 Å². The lowest BCUT2D eigenvalue weighted by Gasteiger charge is -2.49. The Bertz CT molecular complexity index is 1160. The summed E-state index contributed by atoms with van der Waals surface area (Å²) >= 11 is 4.91. The van der Waals surface area contributed by atoms with Crippen LogP contribution >= 0.6 is 46.2 Å². The molecule has 2 unspecified atom stereocenters. The predicted octanol–water partition coefficient (Wildman–Crippen LogP) is 0.724. The molecule has 2 amide bonds. The number of anilines is 1. The highest BCUT2D eigenvalue weighted by Gasteiger charge is 2.54. The molecule has 0 radical (unpaired) electrons. The van der Waals surface area contributed by atoms with E-state index in [4.69, 9.17) is 10.6 Å². The van der Waals surface area contributed by atoms with Crippen molar-refractivity contribution in [2.45, 2.75) is 23.3 Å². The van der Waals surface area contributed by atoms with Crippen molar-refractivity contribution < 1.29 is 24.3 Å². The average Bonchev–Trinajstić information content (AvgIpc) is 3.37. The van der Waals surface area contributed by atoms with Gasteiger partial charge in [0.05, 0.1) is 10.3 Å². The second kappa shape index (κ2) is 9.05. The second-order valence-corrected chi connectivity index (χ2v) is 11.0. The minimum atomic E-state index is -1.23. The molecule has 2 aliphatic heterocycles. The number of rotatable bonds is 7. The van der Waals surface area contributed by atoms with Gasteiger partial charge in [0.2, 0.25) is 0 Å². The molecule has 4 rings (SSSR count). The number of aliphatic carboxylic acids is 1. The molecule has 32 heavy (non-hydrogen) atoms. The number of nitrogens with one attached hydrogen (secondary N) is 1. The van der Waals surface area contributed by atoms with Gasteiger partial charge in [0, 0.05) is 11.1 Å². The highest BCUT2D eigenvalue weighted by Crippen LogP contribution is 2.46. The summed E-state index contributed by atoms with van der Waals surface area (Å²) in [7, 11) is 1.28. The van der Waals surface area contributed by atoms with Gasteiger partial charge >= 0.3 is 5.97 Å². The Morgan fingerprint density at radius 3 is 2.81 bits per heavy atom. The third-order valence-corrected chi connectivity index (χ3v) is 8.39. The molecule has 0 aliphatic carbocycles. The fourth-order valence-corrected chi connectivity index (χ4v) is 7.13. The number of aromatic nitrogens is 3. The summed E-state index contributed by atoms with van der Waals surface area (Å²) in [6.07, 6.45) is 0. The maximum Gasteiger partial charge on any atom is 0.354 e. The van der Waals surface area contributed by atoms with Gasteiger partial charge in [0.1, 0.15) is 23.9 Å². The van der Waals surface area contributed by atoms with E-state index in [9.17, 15) is 19.5 Å². The summed E-state index contributed by atoms with van der Waals surface area (Å²) in [4.78, 5) is 47.5. The number of aryl methyl sites for hydroxylation is 1. The molecule has 0 saturated carbocycles. The smallest absolute Gasteiger partial charge is 0.354 e. The fraction of sp³-hybridized carbons (Fsp3) is 0.312.